The van der Waals surface area contributed by atoms with E-state index in [1.807, 2.05) is 0 Å². The summed E-state index contributed by atoms with van der Waals surface area (Å²) in [5.41, 5.74) is 0.630. The van der Waals surface area contributed by atoms with Crippen LogP contribution in [0.4, 0.5) is 20.2 Å². The summed E-state index contributed by atoms with van der Waals surface area (Å²) in [6, 6.07) is 11.9. The van der Waals surface area contributed by atoms with Crippen LogP contribution in [0.3, 0.4) is 0 Å². The minimum Gasteiger partial charge on any atom is -0.497 e. The minimum atomic E-state index is -4.37. The van der Waals surface area contributed by atoms with E-state index in [1.54, 1.807) is 19.1 Å². The fourth-order valence-electron chi connectivity index (χ4n) is 2.64. The molecule has 3 rings (SSSR count). The normalized spacial score (nSPS) is 11.7. The van der Waals surface area contributed by atoms with Gasteiger partial charge in [-0.15, -0.1) is 0 Å². The first kappa shape index (κ1) is 22.5. The van der Waals surface area contributed by atoms with Crippen LogP contribution in [0, 0.1) is 18.6 Å². The van der Waals surface area contributed by atoms with E-state index in [2.05, 4.69) is 9.44 Å². The molecule has 7 nitrogen and oxygen atoms in total. The van der Waals surface area contributed by atoms with Crippen molar-refractivity contribution in [1.82, 2.24) is 0 Å². The number of nitrogens with one attached hydrogen (secondary N) is 2. The van der Waals surface area contributed by atoms with Gasteiger partial charge in [-0.25, -0.2) is 25.6 Å². The van der Waals surface area contributed by atoms with Crippen molar-refractivity contribution in [3.05, 3.63) is 77.9 Å². The lowest BCUT2D eigenvalue weighted by atomic mass is 10.2. The molecule has 0 heterocycles. The zero-order valence-corrected chi connectivity index (χ0v) is 18.0. The molecule has 0 radical (unpaired) electrons. The Balaban J connectivity index is 1.91. The molecule has 0 unspecified atom stereocenters. The van der Waals surface area contributed by atoms with E-state index >= 15 is 0 Å². The van der Waals surface area contributed by atoms with Crippen LogP contribution in [0.2, 0.25) is 0 Å². The molecule has 0 aliphatic rings. The number of anilines is 2. The van der Waals surface area contributed by atoms with Gasteiger partial charge in [0.1, 0.15) is 17.4 Å². The number of sulfonamides is 2. The number of hydrogen-bond donors (Lipinski definition) is 2. The first-order valence-corrected chi connectivity index (χ1v) is 11.7. The predicted molar refractivity (Wildman–Crippen MR) is 112 cm³/mol. The van der Waals surface area contributed by atoms with E-state index in [0.29, 0.717) is 29.5 Å². The average molecular weight is 469 g/mol. The fourth-order valence-corrected chi connectivity index (χ4v) is 4.89. The second-order valence-corrected chi connectivity index (χ2v) is 9.89. The number of hydrogen-bond acceptors (Lipinski definition) is 5. The molecule has 0 aliphatic heterocycles. The number of rotatable bonds is 7. The van der Waals surface area contributed by atoms with Gasteiger partial charge in [-0.3, -0.25) is 9.44 Å². The van der Waals surface area contributed by atoms with Gasteiger partial charge in [0.15, 0.2) is 0 Å². The second kappa shape index (κ2) is 8.52. The van der Waals surface area contributed by atoms with Crippen molar-refractivity contribution < 1.29 is 30.4 Å². The summed E-state index contributed by atoms with van der Waals surface area (Å²) < 4.78 is 87.0. The molecule has 31 heavy (non-hydrogen) atoms. The number of methoxy groups -OCH3 is 1. The first-order chi connectivity index (χ1) is 14.5. The minimum absolute atomic E-state index is 0.0534. The molecule has 0 saturated heterocycles. The molecule has 0 saturated carbocycles. The van der Waals surface area contributed by atoms with Crippen LogP contribution in [0.5, 0.6) is 5.75 Å². The van der Waals surface area contributed by atoms with E-state index in [-0.39, 0.29) is 16.3 Å². The molecule has 0 fully saturated rings. The molecule has 3 aromatic rings. The van der Waals surface area contributed by atoms with Gasteiger partial charge in [0.25, 0.3) is 20.0 Å². The third-order valence-electron chi connectivity index (χ3n) is 4.25. The van der Waals surface area contributed by atoms with Crippen molar-refractivity contribution in [2.24, 2.45) is 0 Å². The third kappa shape index (κ3) is 5.30. The Morgan fingerprint density at radius 3 is 1.90 bits per heavy atom. The molecule has 11 heteroatoms. The Morgan fingerprint density at radius 2 is 1.32 bits per heavy atom. The Hall–Kier alpha value is -3.18. The molecule has 2 N–H and O–H groups in total. The highest BCUT2D eigenvalue weighted by Crippen LogP contribution is 2.26. The molecule has 0 atom stereocenters. The highest BCUT2D eigenvalue weighted by molar-refractivity contribution is 7.93. The van der Waals surface area contributed by atoms with Crippen molar-refractivity contribution in [2.75, 3.05) is 16.6 Å². The Kier molecular flexibility index (Phi) is 6.18. The summed E-state index contributed by atoms with van der Waals surface area (Å²) in [6.07, 6.45) is 0. The summed E-state index contributed by atoms with van der Waals surface area (Å²) in [4.78, 5) is -0.842. The Morgan fingerprint density at radius 1 is 0.742 bits per heavy atom. The molecular formula is C20H18F2N2O5S2. The van der Waals surface area contributed by atoms with Crippen molar-refractivity contribution in [1.29, 1.82) is 0 Å². The van der Waals surface area contributed by atoms with Crippen molar-refractivity contribution in [3.8, 4) is 5.75 Å². The molecule has 0 spiro atoms. The van der Waals surface area contributed by atoms with E-state index in [1.165, 1.54) is 31.4 Å². The van der Waals surface area contributed by atoms with Gasteiger partial charge >= 0.3 is 0 Å². The Labute approximate surface area is 178 Å². The molecule has 0 amide bonds. The topological polar surface area (TPSA) is 102 Å². The van der Waals surface area contributed by atoms with E-state index in [9.17, 15) is 25.6 Å². The van der Waals surface area contributed by atoms with Crippen LogP contribution in [-0.2, 0) is 20.0 Å². The summed E-state index contributed by atoms with van der Waals surface area (Å²) in [6.45, 7) is 1.55. The summed E-state index contributed by atoms with van der Waals surface area (Å²) in [5.74, 6) is -1.57. The van der Waals surface area contributed by atoms with Crippen molar-refractivity contribution in [2.45, 2.75) is 16.7 Å². The quantitative estimate of drug-likeness (QED) is 0.548. The fraction of sp³-hybridized carbons (Fsp3) is 0.100. The van der Waals surface area contributed by atoms with Crippen LogP contribution >= 0.6 is 0 Å². The highest BCUT2D eigenvalue weighted by atomic mass is 32.2. The molecule has 0 bridgehead atoms. The number of halogens is 2. The average Bonchev–Trinajstić information content (AvgIpc) is 2.69. The van der Waals surface area contributed by atoms with Crippen molar-refractivity contribution >= 4 is 31.4 Å². The smallest absolute Gasteiger partial charge is 0.262 e. The maximum atomic E-state index is 13.4. The van der Waals surface area contributed by atoms with Gasteiger partial charge in [0, 0.05) is 11.8 Å². The molecule has 3 aromatic carbocycles. The van der Waals surface area contributed by atoms with Crippen LogP contribution in [0.15, 0.2) is 70.5 Å². The maximum absolute atomic E-state index is 13.4. The zero-order chi connectivity index (χ0) is 22.8. The van der Waals surface area contributed by atoms with E-state index in [0.717, 1.165) is 6.07 Å². The van der Waals surface area contributed by atoms with Gasteiger partial charge in [0.05, 0.1) is 22.6 Å². The van der Waals surface area contributed by atoms with Gasteiger partial charge < -0.3 is 4.74 Å². The van der Waals surface area contributed by atoms with Gasteiger partial charge in [-0.2, -0.15) is 0 Å². The number of ether oxygens (including phenoxy) is 1. The van der Waals surface area contributed by atoms with Crippen LogP contribution in [0.25, 0.3) is 0 Å². The standard InChI is InChI=1S/C20H18F2N2O5S2/c1-13-3-8-18(30(25,26)23-16-4-6-17(29-2)7-5-16)12-20(13)24-31(27,28)19-10-14(21)9-15(22)11-19/h3-12,23-24H,1-2H3. The Bertz CT molecular complexity index is 1310. The lowest BCUT2D eigenvalue weighted by molar-refractivity contribution is 0.415. The van der Waals surface area contributed by atoms with Crippen molar-refractivity contribution in [3.63, 3.8) is 0 Å². The number of benzene rings is 3. The van der Waals surface area contributed by atoms with Gasteiger partial charge in [-0.1, -0.05) is 6.07 Å². The third-order valence-corrected chi connectivity index (χ3v) is 6.98. The monoisotopic (exact) mass is 468 g/mol. The zero-order valence-electron chi connectivity index (χ0n) is 16.4. The SMILES string of the molecule is COc1ccc(NS(=O)(=O)c2ccc(C)c(NS(=O)(=O)c3cc(F)cc(F)c3)c2)cc1. The lowest BCUT2D eigenvalue weighted by Gasteiger charge is -2.14. The van der Waals surface area contributed by atoms with E-state index < -0.39 is 36.6 Å². The lowest BCUT2D eigenvalue weighted by Crippen LogP contribution is -2.16. The largest absolute Gasteiger partial charge is 0.497 e. The first-order valence-electron chi connectivity index (χ1n) is 8.76. The predicted octanol–water partition coefficient (Wildman–Crippen LogP) is 3.88. The van der Waals surface area contributed by atoms with E-state index in [4.69, 9.17) is 4.74 Å². The van der Waals surface area contributed by atoms with Crippen LogP contribution in [0.1, 0.15) is 5.56 Å². The van der Waals surface area contributed by atoms with Crippen LogP contribution < -0.4 is 14.2 Å². The summed E-state index contributed by atoms with van der Waals surface area (Å²) >= 11 is 0. The van der Waals surface area contributed by atoms with Gasteiger partial charge in [0.2, 0.25) is 0 Å². The molecule has 0 aliphatic carbocycles. The maximum Gasteiger partial charge on any atom is 0.262 e. The molecule has 0 aromatic heterocycles. The van der Waals surface area contributed by atoms with Crippen LogP contribution in [-0.4, -0.2) is 23.9 Å². The summed E-state index contributed by atoms with van der Waals surface area (Å²) in [7, 11) is -6.94. The second-order valence-electron chi connectivity index (χ2n) is 6.52. The molecule has 164 valence electrons. The number of aryl methyl sites for hydroxylation is 1. The molecular weight excluding hydrogens is 450 g/mol. The highest BCUT2D eigenvalue weighted by Gasteiger charge is 2.20. The summed E-state index contributed by atoms with van der Waals surface area (Å²) in [5, 5.41) is 0. The van der Waals surface area contributed by atoms with Gasteiger partial charge in [-0.05, 0) is 61.0 Å².